The topological polar surface area (TPSA) is 107 Å². The fourth-order valence-electron chi connectivity index (χ4n) is 1.46. The molecule has 0 bridgehead atoms. The van der Waals surface area contributed by atoms with E-state index in [4.69, 9.17) is 0 Å². The Morgan fingerprint density at radius 1 is 1.33 bits per heavy atom. The normalized spacial score (nSPS) is 10.6. The van der Waals surface area contributed by atoms with Crippen LogP contribution >= 0.6 is 34.9 Å². The van der Waals surface area contributed by atoms with E-state index >= 15 is 0 Å². The highest BCUT2D eigenvalue weighted by Crippen LogP contribution is 2.37. The second kappa shape index (κ2) is 7.00. The highest BCUT2D eigenvalue weighted by molar-refractivity contribution is 8.03. The third-order valence-corrected chi connectivity index (χ3v) is 5.22. The lowest BCUT2D eigenvalue weighted by Gasteiger charge is -2.06. The Morgan fingerprint density at radius 2 is 2.05 bits per heavy atom. The fraction of sp³-hybridized carbons (Fsp3) is 0.400. The molecule has 0 aliphatic heterocycles. The van der Waals surface area contributed by atoms with Crippen LogP contribution in [0.4, 0.5) is 11.6 Å². The van der Waals surface area contributed by atoms with Crippen molar-refractivity contribution >= 4 is 46.5 Å². The lowest BCUT2D eigenvalue weighted by atomic mass is 10.4. The zero-order chi connectivity index (χ0) is 15.4. The van der Waals surface area contributed by atoms with Crippen molar-refractivity contribution in [3.05, 3.63) is 15.8 Å². The first kappa shape index (κ1) is 15.9. The number of nitro groups is 1. The summed E-state index contributed by atoms with van der Waals surface area (Å²) < 4.78 is 1.42. The van der Waals surface area contributed by atoms with Crippen LogP contribution in [0.15, 0.2) is 13.7 Å². The maximum atomic E-state index is 11.2. The van der Waals surface area contributed by atoms with Gasteiger partial charge in [0.15, 0.2) is 13.7 Å². The molecule has 2 rings (SSSR count). The Balaban J connectivity index is 2.41. The van der Waals surface area contributed by atoms with Crippen molar-refractivity contribution in [1.29, 1.82) is 0 Å². The molecule has 0 aromatic carbocycles. The summed E-state index contributed by atoms with van der Waals surface area (Å²) in [5, 5.41) is 22.4. The molecule has 0 amide bonds. The molecule has 0 saturated heterocycles. The number of hydrogen-bond donors (Lipinski definition) is 1. The van der Waals surface area contributed by atoms with E-state index in [1.54, 1.807) is 6.92 Å². The number of thioether (sulfide) groups is 1. The Labute approximate surface area is 133 Å². The van der Waals surface area contributed by atoms with Crippen LogP contribution < -0.4 is 5.32 Å². The van der Waals surface area contributed by atoms with E-state index in [0.717, 1.165) is 16.1 Å². The number of anilines is 1. The molecule has 2 heterocycles. The zero-order valence-electron chi connectivity index (χ0n) is 11.5. The summed E-state index contributed by atoms with van der Waals surface area (Å²) in [4.78, 5) is 19.0. The molecule has 0 unspecified atom stereocenters. The highest BCUT2D eigenvalue weighted by atomic mass is 32.2. The molecule has 11 heteroatoms. The third-order valence-electron chi connectivity index (χ3n) is 2.29. The number of nitrogens with zero attached hydrogens (tertiary/aromatic N) is 5. The molecule has 0 saturated carbocycles. The average Bonchev–Trinajstić information content (AvgIpc) is 2.85. The second-order valence-corrected chi connectivity index (χ2v) is 6.98. The maximum absolute atomic E-state index is 11.2. The highest BCUT2D eigenvalue weighted by Gasteiger charge is 2.24. The summed E-state index contributed by atoms with van der Waals surface area (Å²) in [7, 11) is 0. The number of aromatic nitrogens is 4. The van der Waals surface area contributed by atoms with E-state index in [-0.39, 0.29) is 10.7 Å². The van der Waals surface area contributed by atoms with Crippen LogP contribution in [-0.4, -0.2) is 37.9 Å². The number of hydrogen-bond acceptors (Lipinski definition) is 10. The van der Waals surface area contributed by atoms with Crippen molar-refractivity contribution in [2.45, 2.75) is 27.6 Å². The van der Waals surface area contributed by atoms with Gasteiger partial charge in [0, 0.05) is 6.54 Å². The summed E-state index contributed by atoms with van der Waals surface area (Å²) in [5.41, 5.74) is 0.227. The molecule has 2 aromatic heterocycles. The first-order valence-corrected chi connectivity index (χ1v) is 8.73. The molecule has 0 spiro atoms. The Morgan fingerprint density at radius 3 is 2.62 bits per heavy atom. The van der Waals surface area contributed by atoms with Gasteiger partial charge in [-0.3, -0.25) is 10.1 Å². The Hall–Kier alpha value is -1.46. The minimum Gasteiger partial charge on any atom is -0.354 e. The Bertz CT molecular complexity index is 662. The first-order valence-electron chi connectivity index (χ1n) is 5.87. The lowest BCUT2D eigenvalue weighted by molar-refractivity contribution is -0.389. The zero-order valence-corrected chi connectivity index (χ0v) is 13.9. The van der Waals surface area contributed by atoms with E-state index in [9.17, 15) is 10.1 Å². The fourth-order valence-corrected chi connectivity index (χ4v) is 3.96. The van der Waals surface area contributed by atoms with Gasteiger partial charge in [0.05, 0.1) is 4.92 Å². The van der Waals surface area contributed by atoms with Gasteiger partial charge in [0.1, 0.15) is 5.69 Å². The molecular weight excluding hydrogens is 332 g/mol. The van der Waals surface area contributed by atoms with Crippen molar-refractivity contribution < 1.29 is 4.92 Å². The van der Waals surface area contributed by atoms with Gasteiger partial charge in [-0.05, 0) is 31.9 Å². The van der Waals surface area contributed by atoms with E-state index in [1.165, 1.54) is 23.1 Å². The van der Waals surface area contributed by atoms with Gasteiger partial charge in [-0.25, -0.2) is 4.98 Å². The monoisotopic (exact) mass is 344 g/mol. The van der Waals surface area contributed by atoms with Crippen LogP contribution in [0, 0.1) is 17.0 Å². The van der Waals surface area contributed by atoms with Gasteiger partial charge in [0.25, 0.3) is 0 Å². The summed E-state index contributed by atoms with van der Waals surface area (Å²) in [6.07, 6.45) is 1.90. The largest absolute Gasteiger partial charge is 0.354 e. The van der Waals surface area contributed by atoms with Crippen LogP contribution in [-0.2, 0) is 0 Å². The van der Waals surface area contributed by atoms with Crippen LogP contribution in [0.25, 0.3) is 0 Å². The van der Waals surface area contributed by atoms with E-state index < -0.39 is 4.92 Å². The lowest BCUT2D eigenvalue weighted by Crippen LogP contribution is -2.07. The van der Waals surface area contributed by atoms with Crippen LogP contribution in [0.3, 0.4) is 0 Å². The number of rotatable bonds is 6. The minimum atomic E-state index is -0.468. The van der Waals surface area contributed by atoms with E-state index in [0.29, 0.717) is 22.5 Å². The van der Waals surface area contributed by atoms with Crippen LogP contribution in [0.2, 0.25) is 0 Å². The summed E-state index contributed by atoms with van der Waals surface area (Å²) in [5.74, 6) is 0.373. The average molecular weight is 344 g/mol. The van der Waals surface area contributed by atoms with Gasteiger partial charge in [-0.15, -0.1) is 10.2 Å². The SMILES string of the molecule is CCNc1nc(C)c([N+](=O)[O-])c(Sc2nnc(SC)s2)n1. The molecule has 8 nitrogen and oxygen atoms in total. The summed E-state index contributed by atoms with van der Waals surface area (Å²) in [6, 6.07) is 0. The minimum absolute atomic E-state index is 0.0949. The van der Waals surface area contributed by atoms with Gasteiger partial charge in [0.2, 0.25) is 5.95 Å². The van der Waals surface area contributed by atoms with Crippen LogP contribution in [0.5, 0.6) is 0 Å². The van der Waals surface area contributed by atoms with Gasteiger partial charge in [-0.1, -0.05) is 23.1 Å². The summed E-state index contributed by atoms with van der Waals surface area (Å²) >= 11 is 3.98. The van der Waals surface area contributed by atoms with E-state index in [2.05, 4.69) is 25.5 Å². The predicted octanol–water partition coefficient (Wildman–Crippen LogP) is 2.85. The molecule has 0 radical (unpaired) electrons. The number of nitrogens with one attached hydrogen (secondary N) is 1. The van der Waals surface area contributed by atoms with Crippen LogP contribution in [0.1, 0.15) is 12.6 Å². The molecule has 0 fully saturated rings. The third kappa shape index (κ3) is 3.80. The summed E-state index contributed by atoms with van der Waals surface area (Å²) in [6.45, 7) is 4.14. The quantitative estimate of drug-likeness (QED) is 0.366. The molecule has 0 aliphatic carbocycles. The molecule has 0 aliphatic rings. The molecule has 112 valence electrons. The van der Waals surface area contributed by atoms with Crippen molar-refractivity contribution in [1.82, 2.24) is 20.2 Å². The van der Waals surface area contributed by atoms with Crippen molar-refractivity contribution in [2.24, 2.45) is 0 Å². The van der Waals surface area contributed by atoms with Crippen molar-refractivity contribution in [3.63, 3.8) is 0 Å². The Kier molecular flexibility index (Phi) is 5.31. The molecule has 1 N–H and O–H groups in total. The van der Waals surface area contributed by atoms with Gasteiger partial charge < -0.3 is 5.32 Å². The molecule has 0 atom stereocenters. The predicted molar refractivity (Wildman–Crippen MR) is 83.4 cm³/mol. The first-order chi connectivity index (χ1) is 10.0. The smallest absolute Gasteiger partial charge is 0.322 e. The molecular formula is C10H12N6O2S3. The van der Waals surface area contributed by atoms with Gasteiger partial charge >= 0.3 is 5.69 Å². The van der Waals surface area contributed by atoms with Crippen molar-refractivity contribution in [2.75, 3.05) is 18.1 Å². The van der Waals surface area contributed by atoms with E-state index in [1.807, 2.05) is 13.2 Å². The second-order valence-electron chi connectivity index (χ2n) is 3.71. The van der Waals surface area contributed by atoms with Gasteiger partial charge in [-0.2, -0.15) is 4.98 Å². The maximum Gasteiger partial charge on any atom is 0.322 e. The standard InChI is InChI=1S/C10H12N6O2S3/c1-4-11-8-12-5(2)6(16(17)18)7(13-8)20-10-15-14-9(19-3)21-10/h4H2,1-3H3,(H,11,12,13). The number of aryl methyl sites for hydroxylation is 1. The van der Waals surface area contributed by atoms with Crippen molar-refractivity contribution in [3.8, 4) is 0 Å². The molecule has 21 heavy (non-hydrogen) atoms. The molecule has 2 aromatic rings.